The molecule has 2 nitrogen and oxygen atoms in total. The largest absolute Gasteiger partial charge is 4.00 e. The van der Waals surface area contributed by atoms with Gasteiger partial charge in [-0.25, -0.2) is 0 Å². The van der Waals surface area contributed by atoms with Crippen LogP contribution in [0.15, 0.2) is 0 Å². The fourth-order valence-corrected chi connectivity index (χ4v) is 0. The molecule has 0 amide bonds. The van der Waals surface area contributed by atoms with Crippen LogP contribution in [0.5, 0.6) is 0 Å². The van der Waals surface area contributed by atoms with E-state index in [4.69, 9.17) is 0 Å². The molecule has 0 heterocycles. The molecule has 6 heteroatoms. The van der Waals surface area contributed by atoms with Crippen LogP contribution in [0.1, 0.15) is 0 Å². The SMILES string of the molecule is [F-].[F-].[Ge+4].[Mg+2].[O-2].[O-2]. The quantitative estimate of drug-likeness (QED) is 0.322. The van der Waals surface area contributed by atoms with Crippen LogP contribution >= 0.6 is 0 Å². The topological polar surface area (TPSA) is 57.0 Å². The molecule has 0 aliphatic heterocycles. The minimum Gasteiger partial charge on any atom is -2.00 e. The van der Waals surface area contributed by atoms with Gasteiger partial charge in [0.05, 0.1) is 0 Å². The summed E-state index contributed by atoms with van der Waals surface area (Å²) in [5.74, 6) is 0. The summed E-state index contributed by atoms with van der Waals surface area (Å²) in [6.45, 7) is 0. The standard InChI is InChI=1S/2FH.Ge.Mg.2O/h2*1H;;;;/q;;+4;+2;2*-2/p-2. The van der Waals surface area contributed by atoms with Crippen molar-refractivity contribution in [3.63, 3.8) is 0 Å². The Hall–Kier alpha value is 1.09. The molecule has 0 saturated carbocycles. The van der Waals surface area contributed by atoms with Gasteiger partial charge in [0.25, 0.3) is 0 Å². The Kier molecular flexibility index (Phi) is 4910. The van der Waals surface area contributed by atoms with Gasteiger partial charge in [-0.3, -0.25) is 0 Å². The molecule has 0 aliphatic carbocycles. The van der Waals surface area contributed by atoms with E-state index in [1.165, 1.54) is 0 Å². The first-order chi connectivity index (χ1) is 0. The molecule has 0 saturated heterocycles. The number of hydrogen-bond donors (Lipinski definition) is 0. The van der Waals surface area contributed by atoms with Gasteiger partial charge in [-0.2, -0.15) is 0 Å². The zero-order chi connectivity index (χ0) is 0. The Morgan fingerprint density at radius 2 is 0.667 bits per heavy atom. The van der Waals surface area contributed by atoms with Gasteiger partial charge < -0.3 is 20.4 Å². The van der Waals surface area contributed by atoms with Crippen molar-refractivity contribution < 1.29 is 20.4 Å². The maximum atomic E-state index is 0. The third-order valence-corrected chi connectivity index (χ3v) is 0. The van der Waals surface area contributed by atoms with Crippen LogP contribution in [0.4, 0.5) is 0 Å². The van der Waals surface area contributed by atoms with Gasteiger partial charge in [0.15, 0.2) is 0 Å². The van der Waals surface area contributed by atoms with E-state index < -0.39 is 0 Å². The van der Waals surface area contributed by atoms with Crippen LogP contribution in [0, 0.1) is 0 Å². The molecule has 0 atom stereocenters. The average Bonchev–Trinajstić information content (AvgIpc) is 0. The van der Waals surface area contributed by atoms with Crippen LogP contribution in [0.2, 0.25) is 0 Å². The van der Waals surface area contributed by atoms with Crippen molar-refractivity contribution in [2.45, 2.75) is 0 Å². The van der Waals surface area contributed by atoms with Gasteiger partial charge in [0, 0.05) is 0 Å². The second kappa shape index (κ2) is 133. The molecule has 0 aliphatic rings. The zero-order valence-electron chi connectivity index (χ0n) is 2.78. The van der Waals surface area contributed by atoms with Crippen molar-refractivity contribution in [3.05, 3.63) is 0 Å². The van der Waals surface area contributed by atoms with E-state index >= 15 is 0 Å². The molecule has 32 valence electrons. The minimum absolute atomic E-state index is 0. The Morgan fingerprint density at radius 3 is 0.667 bits per heavy atom. The van der Waals surface area contributed by atoms with Gasteiger partial charge in [-0.1, -0.05) is 0 Å². The van der Waals surface area contributed by atoms with Crippen LogP contribution in [0.25, 0.3) is 0 Å². The van der Waals surface area contributed by atoms with Crippen molar-refractivity contribution in [2.24, 2.45) is 0 Å². The summed E-state index contributed by atoms with van der Waals surface area (Å²) < 4.78 is 0. The molecule has 0 radical (unpaired) electrons. The minimum atomic E-state index is 0. The van der Waals surface area contributed by atoms with E-state index in [2.05, 4.69) is 0 Å². The van der Waals surface area contributed by atoms with E-state index in [0.29, 0.717) is 0 Å². The van der Waals surface area contributed by atoms with Crippen molar-refractivity contribution in [1.82, 2.24) is 0 Å². The molecule has 0 aromatic carbocycles. The predicted molar refractivity (Wildman–Crippen MR) is 12.9 cm³/mol. The molecule has 6 heavy (non-hydrogen) atoms. The summed E-state index contributed by atoms with van der Waals surface area (Å²) in [4.78, 5) is 0. The van der Waals surface area contributed by atoms with Gasteiger partial charge in [0.2, 0.25) is 0 Å². The van der Waals surface area contributed by atoms with Crippen molar-refractivity contribution in [3.8, 4) is 0 Å². The molecular formula is F2GeMgO2. The summed E-state index contributed by atoms with van der Waals surface area (Å²) in [5, 5.41) is 0. The molecule has 0 spiro atoms. The summed E-state index contributed by atoms with van der Waals surface area (Å²) in [6.07, 6.45) is 0. The number of rotatable bonds is 0. The number of hydrogen-bond acceptors (Lipinski definition) is 0. The molecule has 0 fully saturated rings. The summed E-state index contributed by atoms with van der Waals surface area (Å²) in [5.41, 5.74) is 0. The van der Waals surface area contributed by atoms with Crippen LogP contribution in [0.3, 0.4) is 0 Å². The van der Waals surface area contributed by atoms with Crippen LogP contribution in [-0.2, 0) is 11.0 Å². The Balaban J connectivity index is 0. The van der Waals surface area contributed by atoms with Crippen LogP contribution < -0.4 is 9.41 Å². The number of halogens is 2. The first kappa shape index (κ1) is 222. The van der Waals surface area contributed by atoms with E-state index in [1.54, 1.807) is 0 Å². The monoisotopic (exact) mass is 168 g/mol. The molecule has 0 rings (SSSR count). The zero-order valence-corrected chi connectivity index (χ0v) is 6.29. The fraction of sp³-hybridized carbons (Fsp3) is 0. The third-order valence-electron chi connectivity index (χ3n) is 0. The van der Waals surface area contributed by atoms with E-state index in [1.807, 2.05) is 0 Å². The second-order valence-electron chi connectivity index (χ2n) is 0. The first-order valence-electron chi connectivity index (χ1n) is 0. The van der Waals surface area contributed by atoms with Gasteiger partial charge in [-0.15, -0.1) is 0 Å². The van der Waals surface area contributed by atoms with Crippen molar-refractivity contribution >= 4 is 40.6 Å². The van der Waals surface area contributed by atoms with Crippen molar-refractivity contribution in [1.29, 1.82) is 0 Å². The Morgan fingerprint density at radius 1 is 0.667 bits per heavy atom. The maximum Gasteiger partial charge on any atom is 4.00 e. The van der Waals surface area contributed by atoms with Gasteiger partial charge in [-0.05, 0) is 0 Å². The van der Waals surface area contributed by atoms with Crippen LogP contribution in [-0.4, -0.2) is 40.6 Å². The Bertz CT molecular complexity index is 11.5. The summed E-state index contributed by atoms with van der Waals surface area (Å²) in [7, 11) is 0. The molecule has 0 unspecified atom stereocenters. The third kappa shape index (κ3) is 71.7. The maximum absolute atomic E-state index is 0. The molecule has 0 aromatic heterocycles. The van der Waals surface area contributed by atoms with E-state index in [-0.39, 0.29) is 61.0 Å². The summed E-state index contributed by atoms with van der Waals surface area (Å²) in [6, 6.07) is 0. The molecule has 0 bridgehead atoms. The van der Waals surface area contributed by atoms with Gasteiger partial charge >= 0.3 is 40.6 Å². The summed E-state index contributed by atoms with van der Waals surface area (Å²) >= 11 is 0. The van der Waals surface area contributed by atoms with Gasteiger partial charge in [0.1, 0.15) is 0 Å². The first-order valence-corrected chi connectivity index (χ1v) is 0. The predicted octanol–water partition coefficient (Wildman–Crippen LogP) is -6.99. The van der Waals surface area contributed by atoms with E-state index in [9.17, 15) is 0 Å². The fourth-order valence-electron chi connectivity index (χ4n) is 0. The van der Waals surface area contributed by atoms with Crippen molar-refractivity contribution in [2.75, 3.05) is 0 Å². The molecule has 0 aromatic rings. The second-order valence-corrected chi connectivity index (χ2v) is 0. The Labute approximate surface area is 61.2 Å². The van der Waals surface area contributed by atoms with E-state index in [0.717, 1.165) is 0 Å². The molecule has 0 N–H and O–H groups in total. The molecular weight excluding hydrogens is 167 g/mol. The normalized spacial score (nSPS) is 0. The smallest absolute Gasteiger partial charge is 2.00 e. The average molecular weight is 167 g/mol.